The van der Waals surface area contributed by atoms with Gasteiger partial charge in [0.1, 0.15) is 0 Å². The Morgan fingerprint density at radius 1 is 0.778 bits per heavy atom. The van der Waals surface area contributed by atoms with Gasteiger partial charge in [0, 0.05) is 24.2 Å². The number of allylic oxidation sites excluding steroid dienone is 2. The van der Waals surface area contributed by atoms with Crippen molar-refractivity contribution in [2.45, 2.75) is 129 Å². The van der Waals surface area contributed by atoms with Gasteiger partial charge in [-0.05, 0) is 108 Å². The van der Waals surface area contributed by atoms with E-state index in [2.05, 4.69) is 18.8 Å². The fourth-order valence-corrected chi connectivity index (χ4v) is 7.34. The van der Waals surface area contributed by atoms with Gasteiger partial charge in [-0.25, -0.2) is 8.78 Å². The van der Waals surface area contributed by atoms with Crippen molar-refractivity contribution in [3.63, 3.8) is 0 Å². The number of unbranched alkanes of at least 4 members (excludes halogenated alkanes) is 1. The van der Waals surface area contributed by atoms with Gasteiger partial charge < -0.3 is 9.47 Å². The van der Waals surface area contributed by atoms with Crippen LogP contribution in [0.2, 0.25) is 0 Å². The van der Waals surface area contributed by atoms with Crippen LogP contribution >= 0.6 is 0 Å². The monoisotopic (exact) mass is 640 g/mol. The van der Waals surface area contributed by atoms with Crippen LogP contribution in [0.5, 0.6) is 11.5 Å². The van der Waals surface area contributed by atoms with Crippen molar-refractivity contribution in [2.24, 2.45) is 35.5 Å². The molecule has 1 aromatic carbocycles. The van der Waals surface area contributed by atoms with E-state index in [0.29, 0.717) is 50.4 Å². The summed E-state index contributed by atoms with van der Waals surface area (Å²) in [5.41, 5.74) is 0. The summed E-state index contributed by atoms with van der Waals surface area (Å²) in [5, 5.41) is 0. The average Bonchev–Trinajstić information content (AvgIpc) is 3.03. The van der Waals surface area contributed by atoms with E-state index in [0.717, 1.165) is 30.9 Å². The predicted octanol–water partition coefficient (Wildman–Crippen LogP) is 11.5. The normalized spacial score (nSPS) is 28.0. The molecule has 0 spiro atoms. The summed E-state index contributed by atoms with van der Waals surface area (Å²) in [6, 6.07) is 1.82. The molecule has 3 saturated carbocycles. The van der Waals surface area contributed by atoms with Crippen LogP contribution < -0.4 is 9.47 Å². The fraction of sp³-hybridized carbons (Fsp3) is 0.730. The zero-order valence-electron chi connectivity index (χ0n) is 26.9. The SMILES string of the molecule is C/C=C/C1CCC(C(F)(F)CCOc2ccc(OC(F)(F)C3CCC(C#CC4CCC(CCCC)CC4)CC3)c(F)c2F)CC1. The van der Waals surface area contributed by atoms with Crippen LogP contribution in [0.15, 0.2) is 24.3 Å². The molecule has 0 heterocycles. The first-order chi connectivity index (χ1) is 21.5. The highest BCUT2D eigenvalue weighted by atomic mass is 19.3. The van der Waals surface area contributed by atoms with Gasteiger partial charge in [-0.2, -0.15) is 17.6 Å². The third-order valence-electron chi connectivity index (χ3n) is 10.3. The summed E-state index contributed by atoms with van der Waals surface area (Å²) in [4.78, 5) is 0. The van der Waals surface area contributed by atoms with Crippen LogP contribution in [0.1, 0.15) is 117 Å². The Balaban J connectivity index is 1.22. The number of halogens is 6. The van der Waals surface area contributed by atoms with Crippen molar-refractivity contribution in [2.75, 3.05) is 6.61 Å². The largest absolute Gasteiger partial charge is 0.490 e. The van der Waals surface area contributed by atoms with E-state index in [-0.39, 0.29) is 18.8 Å². The fourth-order valence-electron chi connectivity index (χ4n) is 7.34. The lowest BCUT2D eigenvalue weighted by Gasteiger charge is -2.32. The summed E-state index contributed by atoms with van der Waals surface area (Å²) in [6.07, 6.45) is 11.6. The van der Waals surface area contributed by atoms with Crippen molar-refractivity contribution < 1.29 is 35.8 Å². The smallest absolute Gasteiger partial charge is 0.400 e. The van der Waals surface area contributed by atoms with Crippen molar-refractivity contribution in [3.8, 4) is 23.3 Å². The molecule has 0 N–H and O–H groups in total. The van der Waals surface area contributed by atoms with Gasteiger partial charge >= 0.3 is 6.11 Å². The van der Waals surface area contributed by atoms with Crippen LogP contribution in [0.4, 0.5) is 26.3 Å². The van der Waals surface area contributed by atoms with E-state index in [4.69, 9.17) is 9.47 Å². The minimum atomic E-state index is -3.70. The standard InChI is InChI=1S/C37H50F6O2/c1-3-5-7-27-8-10-28(11-9-27)12-13-29-16-20-31(21-17-29)37(42,43)45-33-23-22-32(34(38)35(33)39)44-25-24-36(40,41)30-18-14-26(6-4-2)15-19-30/h4,6,22-23,26-31H,3,5,7-11,14-21,24-25H2,1-2H3/b6-4+. The highest BCUT2D eigenvalue weighted by Gasteiger charge is 2.45. The van der Waals surface area contributed by atoms with Gasteiger partial charge in [-0.15, -0.1) is 0 Å². The minimum absolute atomic E-state index is 0.0566. The Kier molecular flexibility index (Phi) is 13.0. The lowest BCUT2D eigenvalue weighted by atomic mass is 9.78. The van der Waals surface area contributed by atoms with Gasteiger partial charge in [0.15, 0.2) is 11.5 Å². The van der Waals surface area contributed by atoms with Crippen LogP contribution in [-0.4, -0.2) is 18.6 Å². The summed E-state index contributed by atoms with van der Waals surface area (Å²) in [7, 11) is 0. The molecule has 0 unspecified atom stereocenters. The Hall–Kier alpha value is -2.30. The Bertz CT molecular complexity index is 1150. The first-order valence-corrected chi connectivity index (χ1v) is 17.2. The van der Waals surface area contributed by atoms with E-state index in [9.17, 15) is 17.6 Å². The molecule has 0 radical (unpaired) electrons. The number of benzene rings is 1. The second-order valence-corrected chi connectivity index (χ2v) is 13.5. The molecule has 3 aliphatic carbocycles. The molecule has 0 aliphatic heterocycles. The molecule has 0 bridgehead atoms. The molecule has 0 aromatic heterocycles. The van der Waals surface area contributed by atoms with Crippen LogP contribution in [-0.2, 0) is 0 Å². The maximum Gasteiger partial charge on any atom is 0.400 e. The second kappa shape index (κ2) is 16.5. The van der Waals surface area contributed by atoms with Crippen molar-refractivity contribution >= 4 is 0 Å². The number of ether oxygens (including phenoxy) is 2. The molecule has 0 saturated heterocycles. The molecule has 0 atom stereocenters. The molecule has 0 amide bonds. The Morgan fingerprint density at radius 3 is 1.93 bits per heavy atom. The summed E-state index contributed by atoms with van der Waals surface area (Å²) in [6.45, 7) is 3.60. The van der Waals surface area contributed by atoms with Crippen LogP contribution in [0.3, 0.4) is 0 Å². The van der Waals surface area contributed by atoms with Gasteiger partial charge in [0.25, 0.3) is 5.92 Å². The van der Waals surface area contributed by atoms with Gasteiger partial charge in [-0.1, -0.05) is 50.2 Å². The van der Waals surface area contributed by atoms with E-state index < -0.39 is 60.0 Å². The summed E-state index contributed by atoms with van der Waals surface area (Å²) < 4.78 is 98.9. The first-order valence-electron chi connectivity index (χ1n) is 17.2. The number of alkyl halides is 4. The molecule has 4 rings (SSSR count). The highest BCUT2D eigenvalue weighted by molar-refractivity contribution is 5.35. The Morgan fingerprint density at radius 2 is 1.33 bits per heavy atom. The molecule has 8 heteroatoms. The van der Waals surface area contributed by atoms with Gasteiger partial charge in [0.2, 0.25) is 11.6 Å². The summed E-state index contributed by atoms with van der Waals surface area (Å²) >= 11 is 0. The Labute approximate surface area is 265 Å². The average molecular weight is 641 g/mol. The topological polar surface area (TPSA) is 18.5 Å². The maximum absolute atomic E-state index is 15.0. The summed E-state index contributed by atoms with van der Waals surface area (Å²) in [5.74, 6) is -1.30. The predicted molar refractivity (Wildman–Crippen MR) is 165 cm³/mol. The molecule has 45 heavy (non-hydrogen) atoms. The highest BCUT2D eigenvalue weighted by Crippen LogP contribution is 2.43. The zero-order chi connectivity index (χ0) is 32.5. The van der Waals surface area contributed by atoms with E-state index >= 15 is 8.78 Å². The zero-order valence-corrected chi connectivity index (χ0v) is 26.9. The molecule has 252 valence electrons. The molecule has 1 aromatic rings. The lowest BCUT2D eigenvalue weighted by Crippen LogP contribution is -2.37. The molecule has 2 nitrogen and oxygen atoms in total. The van der Waals surface area contributed by atoms with Gasteiger partial charge in [-0.3, -0.25) is 0 Å². The molecule has 3 fully saturated rings. The van der Waals surface area contributed by atoms with Crippen molar-refractivity contribution in [1.29, 1.82) is 0 Å². The third kappa shape index (κ3) is 10.1. The van der Waals surface area contributed by atoms with Crippen LogP contribution in [0.25, 0.3) is 0 Å². The minimum Gasteiger partial charge on any atom is -0.490 e. The molecule has 3 aliphatic rings. The van der Waals surface area contributed by atoms with Crippen molar-refractivity contribution in [1.82, 2.24) is 0 Å². The maximum atomic E-state index is 15.0. The van der Waals surface area contributed by atoms with E-state index in [1.54, 1.807) is 0 Å². The van der Waals surface area contributed by atoms with E-state index in [1.165, 1.54) is 32.1 Å². The quantitative estimate of drug-likeness (QED) is 0.129. The first kappa shape index (κ1) is 35.6. The molecular formula is C37H50F6O2. The number of hydrogen-bond acceptors (Lipinski definition) is 2. The molecular weight excluding hydrogens is 590 g/mol. The third-order valence-corrected chi connectivity index (χ3v) is 10.3. The number of hydrogen-bond donors (Lipinski definition) is 0. The van der Waals surface area contributed by atoms with Gasteiger partial charge in [0.05, 0.1) is 12.5 Å². The van der Waals surface area contributed by atoms with Crippen LogP contribution in [0, 0.1) is 59.0 Å². The number of rotatable bonds is 12. The van der Waals surface area contributed by atoms with E-state index in [1.807, 2.05) is 19.1 Å². The second-order valence-electron chi connectivity index (χ2n) is 13.5. The lowest BCUT2D eigenvalue weighted by molar-refractivity contribution is -0.224. The van der Waals surface area contributed by atoms with Crippen molar-refractivity contribution in [3.05, 3.63) is 35.9 Å².